The lowest BCUT2D eigenvalue weighted by molar-refractivity contribution is -0.138. The van der Waals surface area contributed by atoms with E-state index in [0.29, 0.717) is 27.3 Å². The van der Waals surface area contributed by atoms with Gasteiger partial charge < -0.3 is 4.42 Å². The average molecular weight is 409 g/mol. The van der Waals surface area contributed by atoms with Gasteiger partial charge in [-0.2, -0.15) is 13.2 Å². The van der Waals surface area contributed by atoms with E-state index in [1.165, 1.54) is 11.8 Å². The van der Waals surface area contributed by atoms with Crippen molar-refractivity contribution >= 4 is 33.4 Å². The second kappa shape index (κ2) is 6.81. The van der Waals surface area contributed by atoms with Crippen LogP contribution in [0.2, 0.25) is 0 Å². The number of thioether (sulfide) groups is 1. The number of nitrogens with zero attached hydrogens (tertiary/aromatic N) is 1. The number of hydrogen-bond acceptors (Lipinski definition) is 3. The summed E-state index contributed by atoms with van der Waals surface area (Å²) in [7, 11) is 0. The van der Waals surface area contributed by atoms with E-state index in [9.17, 15) is 13.2 Å². The molecule has 0 fully saturated rings. The van der Waals surface area contributed by atoms with Crippen LogP contribution >= 0.6 is 11.8 Å². The van der Waals surface area contributed by atoms with Crippen LogP contribution in [0, 0.1) is 0 Å². The van der Waals surface area contributed by atoms with E-state index in [4.69, 9.17) is 4.42 Å². The van der Waals surface area contributed by atoms with Crippen molar-refractivity contribution in [2.75, 3.05) is 0 Å². The second-order valence-electron chi connectivity index (χ2n) is 6.71. The van der Waals surface area contributed by atoms with Crippen LogP contribution in [-0.4, -0.2) is 4.98 Å². The van der Waals surface area contributed by atoms with Gasteiger partial charge in [-0.05, 0) is 22.4 Å². The summed E-state index contributed by atoms with van der Waals surface area (Å²) in [5.41, 5.74) is 1.13. The number of alkyl halides is 3. The molecule has 2 aliphatic heterocycles. The predicted molar refractivity (Wildman–Crippen MR) is 109 cm³/mol. The van der Waals surface area contributed by atoms with Gasteiger partial charge in [0, 0.05) is 11.1 Å². The fraction of sp³-hybridized carbons (Fsp3) is 0.0870. The first-order valence-corrected chi connectivity index (χ1v) is 9.97. The van der Waals surface area contributed by atoms with Crippen molar-refractivity contribution in [1.82, 2.24) is 4.98 Å². The van der Waals surface area contributed by atoms with Crippen molar-refractivity contribution in [3.63, 3.8) is 0 Å². The summed E-state index contributed by atoms with van der Waals surface area (Å²) < 4.78 is 46.0. The molecule has 5 rings (SSSR count). The SMILES string of the molecule is FC(F)(F)c1coc(SCc2cccc3ccccc23)c2c3ccccc3nc1-2. The van der Waals surface area contributed by atoms with Crippen LogP contribution in [0.15, 0.2) is 82.5 Å². The molecule has 0 saturated carbocycles. The molecule has 3 aromatic rings. The van der Waals surface area contributed by atoms with Gasteiger partial charge in [0.2, 0.25) is 0 Å². The van der Waals surface area contributed by atoms with Gasteiger partial charge in [-0.1, -0.05) is 72.4 Å². The van der Waals surface area contributed by atoms with Gasteiger partial charge in [0.05, 0.1) is 16.8 Å². The highest BCUT2D eigenvalue weighted by molar-refractivity contribution is 7.98. The Bertz CT molecular complexity index is 1300. The van der Waals surface area contributed by atoms with E-state index in [2.05, 4.69) is 4.98 Å². The Balaban J connectivity index is 1.61. The van der Waals surface area contributed by atoms with Gasteiger partial charge in [-0.3, -0.25) is 0 Å². The number of fused-ring (bicyclic) bond motifs is 4. The Morgan fingerprint density at radius 1 is 0.862 bits per heavy atom. The standard InChI is InChI=1S/C23H14F3NOS/c24-23(25,26)18-12-28-22(20-17-10-3-4-11-19(17)27-21(18)20)29-13-15-8-5-7-14-6-1-2-9-16(14)15/h1-12H,13H2. The van der Waals surface area contributed by atoms with Crippen molar-refractivity contribution in [2.45, 2.75) is 17.0 Å². The summed E-state index contributed by atoms with van der Waals surface area (Å²) in [4.78, 5) is 4.25. The molecule has 0 saturated heterocycles. The summed E-state index contributed by atoms with van der Waals surface area (Å²) in [6, 6.07) is 21.2. The number of rotatable bonds is 3. The Morgan fingerprint density at radius 2 is 1.59 bits per heavy atom. The first-order chi connectivity index (χ1) is 14.0. The zero-order valence-electron chi connectivity index (χ0n) is 15.0. The Hall–Kier alpha value is -2.99. The molecular weight excluding hydrogens is 395 g/mol. The van der Waals surface area contributed by atoms with E-state index in [1.807, 2.05) is 42.5 Å². The van der Waals surface area contributed by atoms with Gasteiger partial charge in [0.1, 0.15) is 11.8 Å². The molecule has 0 aromatic heterocycles. The molecule has 0 amide bonds. The highest BCUT2D eigenvalue weighted by Gasteiger charge is 2.38. The lowest BCUT2D eigenvalue weighted by atomic mass is 10.1. The summed E-state index contributed by atoms with van der Waals surface area (Å²) in [5, 5.41) is 3.35. The molecule has 2 nitrogen and oxygen atoms in total. The fourth-order valence-corrected chi connectivity index (χ4v) is 4.59. The number of para-hydroxylation sites is 1. The zero-order chi connectivity index (χ0) is 20.0. The minimum absolute atomic E-state index is 0.0645. The van der Waals surface area contributed by atoms with Gasteiger partial charge in [0.25, 0.3) is 0 Å². The van der Waals surface area contributed by atoms with Crippen LogP contribution in [0.1, 0.15) is 11.1 Å². The lowest BCUT2D eigenvalue weighted by Gasteiger charge is -2.13. The second-order valence-corrected chi connectivity index (χ2v) is 7.66. The van der Waals surface area contributed by atoms with E-state index in [-0.39, 0.29) is 5.69 Å². The molecule has 0 radical (unpaired) electrons. The molecule has 2 aliphatic rings. The number of halogens is 3. The van der Waals surface area contributed by atoms with Crippen molar-refractivity contribution in [2.24, 2.45) is 0 Å². The highest BCUT2D eigenvalue weighted by Crippen LogP contribution is 2.46. The molecule has 29 heavy (non-hydrogen) atoms. The smallest absolute Gasteiger partial charge is 0.421 e. The summed E-state index contributed by atoms with van der Waals surface area (Å²) >= 11 is 1.38. The van der Waals surface area contributed by atoms with Crippen LogP contribution in [0.5, 0.6) is 0 Å². The topological polar surface area (TPSA) is 26.0 Å². The Morgan fingerprint density at radius 3 is 2.41 bits per heavy atom. The number of hydrogen-bond donors (Lipinski definition) is 0. The fourth-order valence-electron chi connectivity index (χ4n) is 3.58. The van der Waals surface area contributed by atoms with Crippen molar-refractivity contribution < 1.29 is 17.6 Å². The molecule has 6 heteroatoms. The molecule has 0 unspecified atom stereocenters. The normalized spacial score (nSPS) is 12.2. The van der Waals surface area contributed by atoms with Crippen LogP contribution < -0.4 is 0 Å². The maximum Gasteiger partial charge on any atom is 0.421 e. The largest absolute Gasteiger partial charge is 0.457 e. The molecule has 0 bridgehead atoms. The van der Waals surface area contributed by atoms with Crippen LogP contribution in [0.4, 0.5) is 13.2 Å². The third kappa shape index (κ3) is 3.13. The van der Waals surface area contributed by atoms with Gasteiger partial charge in [0.15, 0.2) is 5.09 Å². The van der Waals surface area contributed by atoms with Crippen LogP contribution in [0.3, 0.4) is 0 Å². The highest BCUT2D eigenvalue weighted by atomic mass is 32.2. The van der Waals surface area contributed by atoms with Crippen LogP contribution in [-0.2, 0) is 11.9 Å². The van der Waals surface area contributed by atoms with E-state index >= 15 is 0 Å². The summed E-state index contributed by atoms with van der Waals surface area (Å²) in [5.74, 6) is 0.574. The third-order valence-corrected chi connectivity index (χ3v) is 5.95. The summed E-state index contributed by atoms with van der Waals surface area (Å²) in [6.45, 7) is 0. The van der Waals surface area contributed by atoms with E-state index in [0.717, 1.165) is 22.6 Å². The quantitative estimate of drug-likeness (QED) is 0.290. The lowest BCUT2D eigenvalue weighted by Crippen LogP contribution is -2.08. The van der Waals surface area contributed by atoms with Crippen molar-refractivity contribution in [3.8, 4) is 11.3 Å². The minimum atomic E-state index is -4.53. The maximum atomic E-state index is 13.5. The molecule has 0 N–H and O–H groups in total. The first kappa shape index (κ1) is 18.1. The molecule has 0 atom stereocenters. The monoisotopic (exact) mass is 409 g/mol. The van der Waals surface area contributed by atoms with E-state index in [1.54, 1.807) is 24.3 Å². The average Bonchev–Trinajstić information content (AvgIpc) is 3.11. The zero-order valence-corrected chi connectivity index (χ0v) is 15.8. The molecular formula is C23H14F3NOS. The van der Waals surface area contributed by atoms with Crippen LogP contribution in [0.25, 0.3) is 32.9 Å². The number of benzene rings is 3. The van der Waals surface area contributed by atoms with Crippen molar-refractivity contribution in [1.29, 1.82) is 0 Å². The number of aromatic nitrogens is 1. The minimum Gasteiger partial charge on any atom is -0.457 e. The Labute approximate surface area is 168 Å². The first-order valence-electron chi connectivity index (χ1n) is 8.99. The van der Waals surface area contributed by atoms with E-state index < -0.39 is 11.7 Å². The molecule has 0 aliphatic carbocycles. The molecule has 3 aromatic carbocycles. The maximum absolute atomic E-state index is 13.5. The van der Waals surface area contributed by atoms with Gasteiger partial charge in [-0.25, -0.2) is 4.98 Å². The molecule has 144 valence electrons. The Kier molecular flexibility index (Phi) is 4.24. The molecule has 2 heterocycles. The molecule has 0 spiro atoms. The third-order valence-electron chi connectivity index (χ3n) is 4.93. The van der Waals surface area contributed by atoms with Crippen molar-refractivity contribution in [3.05, 3.63) is 84.1 Å². The summed E-state index contributed by atoms with van der Waals surface area (Å²) in [6.07, 6.45) is -3.75. The van der Waals surface area contributed by atoms with Gasteiger partial charge >= 0.3 is 6.18 Å². The predicted octanol–water partition coefficient (Wildman–Crippen LogP) is 7.40. The van der Waals surface area contributed by atoms with Gasteiger partial charge in [-0.15, -0.1) is 0 Å².